The summed E-state index contributed by atoms with van der Waals surface area (Å²) in [4.78, 5) is 25.5. The number of ether oxygens (including phenoxy) is 1. The van der Waals surface area contributed by atoms with E-state index in [2.05, 4.69) is 5.32 Å². The Balaban J connectivity index is 2.19. The fourth-order valence-corrected chi connectivity index (χ4v) is 3.18. The third-order valence-electron chi connectivity index (χ3n) is 4.23. The lowest BCUT2D eigenvalue weighted by atomic mass is 9.81. The summed E-state index contributed by atoms with van der Waals surface area (Å²) in [7, 11) is 1.55. The maximum absolute atomic E-state index is 14.3. The summed E-state index contributed by atoms with van der Waals surface area (Å²) in [6.45, 7) is 5.22. The van der Waals surface area contributed by atoms with Gasteiger partial charge in [0.15, 0.2) is 0 Å². The molecule has 5 nitrogen and oxygen atoms in total. The summed E-state index contributed by atoms with van der Waals surface area (Å²) < 4.78 is 33.1. The smallest absolute Gasteiger partial charge is 0.407 e. The van der Waals surface area contributed by atoms with Crippen molar-refractivity contribution in [3.63, 3.8) is 0 Å². The van der Waals surface area contributed by atoms with E-state index < -0.39 is 41.3 Å². The van der Waals surface area contributed by atoms with Gasteiger partial charge in [-0.05, 0) is 39.3 Å². The van der Waals surface area contributed by atoms with Gasteiger partial charge in [-0.3, -0.25) is 4.79 Å². The summed E-state index contributed by atoms with van der Waals surface area (Å²) in [6.07, 6.45) is 2.02. The molecular weight excluding hydrogens is 318 g/mol. The van der Waals surface area contributed by atoms with E-state index >= 15 is 0 Å². The van der Waals surface area contributed by atoms with E-state index in [-0.39, 0.29) is 18.7 Å². The van der Waals surface area contributed by atoms with Crippen LogP contribution in [0, 0.1) is 5.92 Å². The van der Waals surface area contributed by atoms with Gasteiger partial charge in [0.25, 0.3) is 0 Å². The van der Waals surface area contributed by atoms with E-state index in [1.165, 1.54) is 4.90 Å². The van der Waals surface area contributed by atoms with Crippen LogP contribution in [0.25, 0.3) is 0 Å². The second-order valence-electron chi connectivity index (χ2n) is 7.26. The first kappa shape index (κ1) is 18.4. The molecule has 1 N–H and O–H groups in total. The Hall–Kier alpha value is -1.92. The molecule has 7 heteroatoms. The molecule has 2 aliphatic rings. The Morgan fingerprint density at radius 1 is 1.33 bits per heavy atom. The molecule has 0 spiro atoms. The summed E-state index contributed by atoms with van der Waals surface area (Å²) in [5.41, 5.74) is -0.666. The average Bonchev–Trinajstić information content (AvgIpc) is 2.44. The highest BCUT2D eigenvalue weighted by atomic mass is 19.1. The van der Waals surface area contributed by atoms with Crippen LogP contribution in [0.1, 0.15) is 40.0 Å². The highest BCUT2D eigenvalue weighted by Crippen LogP contribution is 2.36. The van der Waals surface area contributed by atoms with Gasteiger partial charge in [0, 0.05) is 25.8 Å². The molecule has 2 rings (SSSR count). The van der Waals surface area contributed by atoms with Crippen LogP contribution in [0.3, 0.4) is 0 Å². The third-order valence-corrected chi connectivity index (χ3v) is 4.23. The number of alkyl carbamates (subject to hydrolysis) is 1. The fraction of sp³-hybridized carbons (Fsp3) is 0.647. The van der Waals surface area contributed by atoms with Gasteiger partial charge in [-0.25, -0.2) is 13.6 Å². The summed E-state index contributed by atoms with van der Waals surface area (Å²) >= 11 is 0. The Morgan fingerprint density at radius 3 is 2.62 bits per heavy atom. The number of carbonyl (C=O) groups excluding carboxylic acids is 2. The van der Waals surface area contributed by atoms with E-state index in [9.17, 15) is 18.4 Å². The lowest BCUT2D eigenvalue weighted by molar-refractivity contribution is -0.137. The summed E-state index contributed by atoms with van der Waals surface area (Å²) in [5.74, 6) is -1.89. The molecule has 1 aliphatic heterocycles. The minimum Gasteiger partial charge on any atom is -0.444 e. The molecule has 0 aromatic heterocycles. The highest BCUT2D eigenvalue weighted by molar-refractivity contribution is 5.78. The van der Waals surface area contributed by atoms with Crippen molar-refractivity contribution in [1.82, 2.24) is 10.2 Å². The third kappa shape index (κ3) is 4.33. The fourth-order valence-electron chi connectivity index (χ4n) is 3.18. The quantitative estimate of drug-likeness (QED) is 0.838. The molecule has 0 aromatic carbocycles. The van der Waals surface area contributed by atoms with Gasteiger partial charge in [-0.1, -0.05) is 0 Å². The summed E-state index contributed by atoms with van der Waals surface area (Å²) in [6, 6.07) is -1.16. The van der Waals surface area contributed by atoms with Crippen molar-refractivity contribution in [2.45, 2.75) is 57.7 Å². The Kier molecular flexibility index (Phi) is 5.30. The minimum atomic E-state index is -0.816. The van der Waals surface area contributed by atoms with E-state index in [1.807, 2.05) is 0 Å². The largest absolute Gasteiger partial charge is 0.444 e. The van der Waals surface area contributed by atoms with Crippen molar-refractivity contribution in [1.29, 1.82) is 0 Å². The van der Waals surface area contributed by atoms with E-state index in [0.29, 0.717) is 6.42 Å². The number of carbonyl (C=O) groups is 2. The minimum absolute atomic E-state index is 0.128. The van der Waals surface area contributed by atoms with E-state index in [0.717, 1.165) is 12.2 Å². The zero-order chi connectivity index (χ0) is 18.1. The maximum atomic E-state index is 14.3. The van der Waals surface area contributed by atoms with Gasteiger partial charge in [0.1, 0.15) is 17.3 Å². The van der Waals surface area contributed by atoms with Crippen LogP contribution in [-0.2, 0) is 9.53 Å². The molecule has 1 saturated heterocycles. The first-order chi connectivity index (χ1) is 11.1. The predicted molar refractivity (Wildman–Crippen MR) is 85.4 cm³/mol. The monoisotopic (exact) mass is 342 g/mol. The molecule has 3 atom stereocenters. The Morgan fingerprint density at radius 2 is 2.00 bits per heavy atom. The van der Waals surface area contributed by atoms with Crippen molar-refractivity contribution in [3.05, 3.63) is 23.8 Å². The Labute approximate surface area is 140 Å². The first-order valence-corrected chi connectivity index (χ1v) is 8.05. The molecule has 0 bridgehead atoms. The Bertz CT molecular complexity index is 581. The molecule has 2 unspecified atom stereocenters. The zero-order valence-corrected chi connectivity index (χ0v) is 14.4. The van der Waals surface area contributed by atoms with Crippen LogP contribution in [-0.4, -0.2) is 41.6 Å². The normalized spacial score (nSPS) is 28.2. The highest BCUT2D eigenvalue weighted by Gasteiger charge is 2.42. The second kappa shape index (κ2) is 6.91. The SMILES string of the molecule is CN1C(=O)CCC(NC(=O)OC(C)(C)C)[C@H]1C1CC(F)=CC=C1F. The zero-order valence-electron chi connectivity index (χ0n) is 14.4. The van der Waals surface area contributed by atoms with Crippen molar-refractivity contribution in [2.75, 3.05) is 7.05 Å². The van der Waals surface area contributed by atoms with Crippen LogP contribution in [0.4, 0.5) is 13.6 Å². The number of rotatable bonds is 2. The van der Waals surface area contributed by atoms with Gasteiger partial charge in [0.2, 0.25) is 5.91 Å². The molecule has 1 heterocycles. The number of piperidine rings is 1. The number of nitrogens with one attached hydrogen (secondary N) is 1. The number of allylic oxidation sites excluding steroid dienone is 3. The van der Waals surface area contributed by atoms with Gasteiger partial charge < -0.3 is 15.0 Å². The number of hydrogen-bond acceptors (Lipinski definition) is 3. The maximum Gasteiger partial charge on any atom is 0.407 e. The molecule has 1 aliphatic carbocycles. The molecule has 1 fully saturated rings. The predicted octanol–water partition coefficient (Wildman–Crippen LogP) is 3.23. The number of amides is 2. The number of halogens is 2. The van der Waals surface area contributed by atoms with Gasteiger partial charge in [-0.2, -0.15) is 0 Å². The van der Waals surface area contributed by atoms with Crippen LogP contribution >= 0.6 is 0 Å². The molecule has 134 valence electrons. The molecule has 0 radical (unpaired) electrons. The van der Waals surface area contributed by atoms with Crippen LogP contribution < -0.4 is 5.32 Å². The number of nitrogens with zero attached hydrogens (tertiary/aromatic N) is 1. The average molecular weight is 342 g/mol. The number of likely N-dealkylation sites (tertiary alicyclic amines) is 1. The van der Waals surface area contributed by atoms with Crippen LogP contribution in [0.15, 0.2) is 23.8 Å². The number of likely N-dealkylation sites (N-methyl/N-ethyl adjacent to an activating group) is 1. The van der Waals surface area contributed by atoms with Crippen molar-refractivity contribution < 1.29 is 23.1 Å². The van der Waals surface area contributed by atoms with Crippen LogP contribution in [0.5, 0.6) is 0 Å². The molecule has 24 heavy (non-hydrogen) atoms. The molecule has 2 amide bonds. The van der Waals surface area contributed by atoms with Crippen molar-refractivity contribution in [2.24, 2.45) is 5.92 Å². The lowest BCUT2D eigenvalue weighted by Gasteiger charge is -2.43. The van der Waals surface area contributed by atoms with Gasteiger partial charge in [0.05, 0.1) is 12.1 Å². The second-order valence-corrected chi connectivity index (χ2v) is 7.26. The molecule has 0 saturated carbocycles. The number of hydrogen-bond donors (Lipinski definition) is 1. The standard InChI is InChI=1S/C17H24F2N2O3/c1-17(2,3)24-16(23)20-13-7-8-14(22)21(4)15(13)11-9-10(18)5-6-12(11)19/h5-6,11,13,15H,7-9H2,1-4H3,(H,20,23)/t11?,13?,15-/m1/s1. The molecule has 0 aromatic rings. The van der Waals surface area contributed by atoms with Crippen molar-refractivity contribution in [3.8, 4) is 0 Å². The van der Waals surface area contributed by atoms with E-state index in [4.69, 9.17) is 4.74 Å². The molecular formula is C17H24F2N2O3. The van der Waals surface area contributed by atoms with Gasteiger partial charge >= 0.3 is 6.09 Å². The lowest BCUT2D eigenvalue weighted by Crippen LogP contribution is -2.59. The summed E-state index contributed by atoms with van der Waals surface area (Å²) in [5, 5.41) is 2.72. The van der Waals surface area contributed by atoms with E-state index in [1.54, 1.807) is 27.8 Å². The first-order valence-electron chi connectivity index (χ1n) is 8.05. The van der Waals surface area contributed by atoms with Crippen molar-refractivity contribution >= 4 is 12.0 Å². The topological polar surface area (TPSA) is 58.6 Å². The van der Waals surface area contributed by atoms with Crippen LogP contribution in [0.2, 0.25) is 0 Å². The van der Waals surface area contributed by atoms with Gasteiger partial charge in [-0.15, -0.1) is 0 Å².